The maximum Gasteiger partial charge on any atom is 0.326 e. The number of thioether (sulfide) groups is 1. The molecule has 1 unspecified atom stereocenters. The lowest BCUT2D eigenvalue weighted by Gasteiger charge is -2.16. The summed E-state index contributed by atoms with van der Waals surface area (Å²) in [7, 11) is 3.02. The maximum atomic E-state index is 11.8. The van der Waals surface area contributed by atoms with Crippen molar-refractivity contribution in [2.45, 2.75) is 36.8 Å². The van der Waals surface area contributed by atoms with E-state index >= 15 is 0 Å². The van der Waals surface area contributed by atoms with Crippen molar-refractivity contribution in [2.24, 2.45) is 0 Å². The fraction of sp³-hybridized carbons (Fsp3) is 0.290. The highest BCUT2D eigenvalue weighted by molar-refractivity contribution is 8.01. The highest BCUT2D eigenvalue weighted by atomic mass is 32.2. The Morgan fingerprint density at radius 3 is 1.67 bits per heavy atom. The molecule has 268 valence electrons. The van der Waals surface area contributed by atoms with Crippen molar-refractivity contribution in [3.63, 3.8) is 0 Å². The summed E-state index contributed by atoms with van der Waals surface area (Å²) < 4.78 is 0. The molecule has 0 aromatic heterocycles. The molecule has 1 atom stereocenters. The van der Waals surface area contributed by atoms with E-state index in [4.69, 9.17) is 15.3 Å². The van der Waals surface area contributed by atoms with E-state index < -0.39 is 41.3 Å². The van der Waals surface area contributed by atoms with Crippen molar-refractivity contribution < 1.29 is 53.7 Å². The topological polar surface area (TPSA) is 261 Å². The van der Waals surface area contributed by atoms with Crippen LogP contribution in [-0.4, -0.2) is 100 Å². The number of carbonyl (C=O) groups is 8. The van der Waals surface area contributed by atoms with Gasteiger partial charge in [0.1, 0.15) is 6.42 Å². The van der Waals surface area contributed by atoms with Crippen LogP contribution in [0.1, 0.15) is 26.7 Å². The summed E-state index contributed by atoms with van der Waals surface area (Å²) in [4.78, 5) is 89.4. The zero-order valence-corrected chi connectivity index (χ0v) is 28.4. The predicted octanol–water partition coefficient (Wildman–Crippen LogP) is 0.886. The van der Waals surface area contributed by atoms with Crippen molar-refractivity contribution in [1.82, 2.24) is 26.2 Å². The minimum absolute atomic E-state index is 0.0109. The number of nitrogens with one attached hydrogen (secondary N) is 5. The van der Waals surface area contributed by atoms with E-state index in [2.05, 4.69) is 52.9 Å². The lowest BCUT2D eigenvalue weighted by Crippen LogP contribution is -2.38. The van der Waals surface area contributed by atoms with Gasteiger partial charge in [0.25, 0.3) is 5.91 Å². The number of nitrogens with zero attached hydrogens (tertiary/aromatic N) is 1. The van der Waals surface area contributed by atoms with Gasteiger partial charge in [0.15, 0.2) is 5.25 Å². The van der Waals surface area contributed by atoms with E-state index in [0.717, 1.165) is 17.8 Å². The molecule has 0 spiro atoms. The minimum atomic E-state index is -1.21. The van der Waals surface area contributed by atoms with Crippen LogP contribution in [0.3, 0.4) is 0 Å². The Labute approximate surface area is 287 Å². The van der Waals surface area contributed by atoms with Gasteiger partial charge in [0.2, 0.25) is 29.5 Å². The third-order valence-electron chi connectivity index (χ3n) is 4.98. The van der Waals surface area contributed by atoms with E-state index in [0.29, 0.717) is 21.7 Å². The second-order valence-electron chi connectivity index (χ2n) is 9.73. The first kappa shape index (κ1) is 45.2. The number of carbonyl (C=O) groups excluding carboxylic acids is 6. The molecule has 1 aromatic carbocycles. The van der Waals surface area contributed by atoms with Crippen molar-refractivity contribution in [3.8, 4) is 0 Å². The van der Waals surface area contributed by atoms with Crippen LogP contribution in [0.4, 0.5) is 5.69 Å². The SMILES string of the molecule is C=C(C)C(=O)NCNC(=O)CC(=O)O.C=C(C)C(=O)Nc1ccc(SC(C(=O)O)C(=O)N(C)C)cc1.C=CC(=O)NCNC(=O)CC(=C)O. The number of hydrogen-bond acceptors (Lipinski definition) is 10. The van der Waals surface area contributed by atoms with Crippen molar-refractivity contribution in [1.29, 1.82) is 0 Å². The number of carboxylic acid groups (broad SMARTS) is 2. The molecule has 0 radical (unpaired) electrons. The third kappa shape index (κ3) is 23.1. The van der Waals surface area contributed by atoms with Gasteiger partial charge >= 0.3 is 11.9 Å². The van der Waals surface area contributed by atoms with Gasteiger partial charge in [-0.05, 0) is 44.2 Å². The molecule has 0 aliphatic rings. The van der Waals surface area contributed by atoms with E-state index in [-0.39, 0.29) is 43.2 Å². The number of benzene rings is 1. The number of rotatable bonds is 16. The molecule has 6 amide bonds. The Morgan fingerprint density at radius 2 is 1.27 bits per heavy atom. The Kier molecular flexibility index (Phi) is 22.4. The molecule has 0 fully saturated rings. The lowest BCUT2D eigenvalue weighted by atomic mass is 10.3. The summed E-state index contributed by atoms with van der Waals surface area (Å²) in [5, 5.41) is 36.6. The van der Waals surface area contributed by atoms with E-state index in [1.54, 1.807) is 31.2 Å². The molecule has 0 saturated carbocycles. The summed E-state index contributed by atoms with van der Waals surface area (Å²) >= 11 is 0.946. The monoisotopic (exact) mass is 706 g/mol. The molecule has 0 aliphatic heterocycles. The van der Waals surface area contributed by atoms with Gasteiger partial charge in [-0.15, -0.1) is 11.8 Å². The predicted molar refractivity (Wildman–Crippen MR) is 182 cm³/mol. The Morgan fingerprint density at radius 1 is 0.776 bits per heavy atom. The molecule has 1 rings (SSSR count). The Hall–Kier alpha value is -5.91. The largest absolute Gasteiger partial charge is 0.512 e. The van der Waals surface area contributed by atoms with Gasteiger partial charge in [-0.2, -0.15) is 0 Å². The molecule has 1 aromatic rings. The van der Waals surface area contributed by atoms with E-state index in [1.165, 1.54) is 25.9 Å². The van der Waals surface area contributed by atoms with Crippen LogP contribution >= 0.6 is 11.8 Å². The zero-order valence-electron chi connectivity index (χ0n) is 27.6. The molecule has 18 heteroatoms. The van der Waals surface area contributed by atoms with E-state index in [1.807, 2.05) is 0 Å². The van der Waals surface area contributed by atoms with Gasteiger partial charge in [0, 0.05) is 35.8 Å². The fourth-order valence-electron chi connectivity index (χ4n) is 2.56. The Bertz CT molecular complexity index is 1430. The first-order valence-electron chi connectivity index (χ1n) is 13.8. The number of hydrogen-bond donors (Lipinski definition) is 8. The summed E-state index contributed by atoms with van der Waals surface area (Å²) in [6, 6.07) is 6.58. The van der Waals surface area contributed by atoms with Crippen LogP contribution in [-0.2, 0) is 38.4 Å². The summed E-state index contributed by atoms with van der Waals surface area (Å²) in [5.74, 6) is -5.21. The molecule has 0 saturated heterocycles. The van der Waals surface area contributed by atoms with Gasteiger partial charge < -0.3 is 46.8 Å². The normalized spacial score (nSPS) is 9.96. The van der Waals surface area contributed by atoms with Crippen LogP contribution in [0.15, 0.2) is 78.5 Å². The third-order valence-corrected chi connectivity index (χ3v) is 6.16. The fourth-order valence-corrected chi connectivity index (χ4v) is 3.53. The zero-order chi connectivity index (χ0) is 38.3. The maximum absolute atomic E-state index is 11.8. The molecular weight excluding hydrogens is 664 g/mol. The van der Waals surface area contributed by atoms with Gasteiger partial charge in [-0.1, -0.05) is 26.3 Å². The second-order valence-corrected chi connectivity index (χ2v) is 10.9. The standard InChI is InChI=1S/C15H18N2O4S.C8H12N2O4.C8H12N2O3/c1-9(2)13(18)16-10-5-7-11(8-6-10)22-12(15(20)21)14(19)17(3)4;1-5(2)8(14)10-4-9-6(11)3-7(12)13;1-3-7(12)9-5-10-8(13)4-6(2)11/h5-8,12H,1H2,2-4H3,(H,16,18)(H,20,21);1,3-4H2,2H3,(H,9,11)(H,10,14)(H,12,13);3,11H,1-2,4-5H2,(H,9,12)(H,10,13). The lowest BCUT2D eigenvalue weighted by molar-refractivity contribution is -0.143. The first-order valence-corrected chi connectivity index (χ1v) is 14.7. The molecule has 49 heavy (non-hydrogen) atoms. The second kappa shape index (κ2) is 24.3. The molecule has 17 nitrogen and oxygen atoms in total. The molecule has 0 bridgehead atoms. The van der Waals surface area contributed by atoms with Crippen molar-refractivity contribution >= 4 is 64.8 Å². The van der Waals surface area contributed by atoms with Crippen LogP contribution < -0.4 is 26.6 Å². The smallest absolute Gasteiger partial charge is 0.326 e. The first-order chi connectivity index (χ1) is 22.7. The van der Waals surface area contributed by atoms with Crippen molar-refractivity contribution in [3.05, 3.63) is 73.6 Å². The summed E-state index contributed by atoms with van der Waals surface area (Å²) in [6.45, 7) is 16.3. The highest BCUT2D eigenvalue weighted by Crippen LogP contribution is 2.26. The highest BCUT2D eigenvalue weighted by Gasteiger charge is 2.28. The number of carboxylic acids is 2. The number of aliphatic carboxylic acids is 2. The molecular formula is C31H42N6O11S. The molecule has 0 heterocycles. The molecule has 8 N–H and O–H groups in total. The summed E-state index contributed by atoms with van der Waals surface area (Å²) in [5.41, 5.74) is 1.28. The van der Waals surface area contributed by atoms with Crippen LogP contribution in [0.2, 0.25) is 0 Å². The number of amides is 6. The molecule has 0 aliphatic carbocycles. The average Bonchev–Trinajstić information content (AvgIpc) is 2.99. The number of anilines is 1. The van der Waals surface area contributed by atoms with E-state index in [9.17, 15) is 38.4 Å². The summed E-state index contributed by atoms with van der Waals surface area (Å²) in [6.07, 6.45) is 0.323. The van der Waals surface area contributed by atoms with Crippen molar-refractivity contribution in [2.75, 3.05) is 32.7 Å². The van der Waals surface area contributed by atoms with Gasteiger partial charge in [0.05, 0.1) is 25.5 Å². The van der Waals surface area contributed by atoms with Crippen LogP contribution in [0, 0.1) is 0 Å². The number of aliphatic hydroxyl groups excluding tert-OH is 1. The van der Waals surface area contributed by atoms with Gasteiger partial charge in [-0.25, -0.2) is 0 Å². The van der Waals surface area contributed by atoms with Crippen LogP contribution in [0.5, 0.6) is 0 Å². The minimum Gasteiger partial charge on any atom is -0.512 e. The average molecular weight is 707 g/mol. The Balaban J connectivity index is 0. The quantitative estimate of drug-likeness (QED) is 0.0392. The van der Waals surface area contributed by atoms with Crippen LogP contribution in [0.25, 0.3) is 0 Å². The number of aliphatic hydroxyl groups is 1. The van der Waals surface area contributed by atoms with Gasteiger partial charge in [-0.3, -0.25) is 38.4 Å².